The summed E-state index contributed by atoms with van der Waals surface area (Å²) < 4.78 is 0. The van der Waals surface area contributed by atoms with E-state index in [1.807, 2.05) is 0 Å². The van der Waals surface area contributed by atoms with Crippen molar-refractivity contribution in [2.24, 2.45) is 0 Å². The summed E-state index contributed by atoms with van der Waals surface area (Å²) >= 11 is 0. The van der Waals surface area contributed by atoms with Crippen molar-refractivity contribution in [2.45, 2.75) is 6.92 Å². The Labute approximate surface area is 31.2 Å². The van der Waals surface area contributed by atoms with Crippen molar-refractivity contribution in [3.8, 4) is 0 Å². The molecular formula is C3H4NO. The molecule has 2 nitrogen and oxygen atoms in total. The zero-order valence-corrected chi connectivity index (χ0v) is 2.91. The molecule has 1 amide bonds. The molecule has 0 saturated heterocycles. The molecule has 0 unspecified atom stereocenters. The number of rotatable bonds is 0. The first-order chi connectivity index (χ1) is 2.27. The molecule has 0 rings (SSSR count). The van der Waals surface area contributed by atoms with Gasteiger partial charge in [0.05, 0.1) is 0 Å². The minimum Gasteiger partial charge on any atom is -0.343 e. The number of carbonyl (C=O) groups is 1. The molecule has 5 heavy (non-hydrogen) atoms. The highest BCUT2D eigenvalue weighted by molar-refractivity contribution is 5.72. The first kappa shape index (κ1) is 4.47. The smallest absolute Gasteiger partial charge is 0.217 e. The molecule has 0 aliphatic carbocycles. The Bertz CT molecular complexity index is 42.2. The van der Waals surface area contributed by atoms with E-state index in [1.54, 1.807) is 5.32 Å². The van der Waals surface area contributed by atoms with E-state index in [-0.39, 0.29) is 5.91 Å². The normalized spacial score (nSPS) is 6.80. The monoisotopic (exact) mass is 70.0 g/mol. The van der Waals surface area contributed by atoms with Crippen molar-refractivity contribution in [1.82, 2.24) is 5.32 Å². The molecule has 0 heterocycles. The first-order valence-electron chi connectivity index (χ1n) is 1.20. The molecule has 0 aromatic carbocycles. The Kier molecular flexibility index (Phi) is 1.57. The molecule has 0 bridgehead atoms. The van der Waals surface area contributed by atoms with E-state index < -0.39 is 0 Å². The summed E-state index contributed by atoms with van der Waals surface area (Å²) in [6, 6.07) is 0. The fourth-order valence-corrected chi connectivity index (χ4v) is 0. The van der Waals surface area contributed by atoms with Crippen molar-refractivity contribution in [3.05, 3.63) is 7.05 Å². The molecule has 0 aliphatic rings. The van der Waals surface area contributed by atoms with Crippen molar-refractivity contribution in [2.75, 3.05) is 0 Å². The van der Waals surface area contributed by atoms with Gasteiger partial charge in [-0.3, -0.25) is 4.79 Å². The van der Waals surface area contributed by atoms with Crippen molar-refractivity contribution in [3.63, 3.8) is 0 Å². The maximum atomic E-state index is 9.51. The van der Waals surface area contributed by atoms with Gasteiger partial charge in [-0.15, -0.1) is 0 Å². The second kappa shape index (κ2) is 1.76. The van der Waals surface area contributed by atoms with Gasteiger partial charge in [-0.05, 0) is 0 Å². The van der Waals surface area contributed by atoms with E-state index in [4.69, 9.17) is 7.05 Å². The fraction of sp³-hybridized carbons (Fsp3) is 0.333. The van der Waals surface area contributed by atoms with Gasteiger partial charge in [-0.25, -0.2) is 0 Å². The van der Waals surface area contributed by atoms with Crippen LogP contribution in [0, 0.1) is 7.05 Å². The van der Waals surface area contributed by atoms with Crippen LogP contribution in [0.25, 0.3) is 0 Å². The van der Waals surface area contributed by atoms with Crippen LogP contribution in [-0.2, 0) is 4.79 Å². The van der Waals surface area contributed by atoms with Gasteiger partial charge in [0.15, 0.2) is 0 Å². The maximum Gasteiger partial charge on any atom is 0.217 e. The number of amides is 1. The van der Waals surface area contributed by atoms with Crippen LogP contribution in [0.4, 0.5) is 0 Å². The van der Waals surface area contributed by atoms with Gasteiger partial charge < -0.3 is 5.32 Å². The standard InChI is InChI=1S/C3H4NO/c1-3(5)4-2/h1H3,(H,4,5). The molecule has 0 atom stereocenters. The Morgan fingerprint density at radius 1 is 2.00 bits per heavy atom. The highest BCUT2D eigenvalue weighted by Crippen LogP contribution is 1.47. The van der Waals surface area contributed by atoms with Crippen LogP contribution in [-0.4, -0.2) is 5.91 Å². The minimum atomic E-state index is -0.329. The molecule has 0 saturated carbocycles. The lowest BCUT2D eigenvalue weighted by Crippen LogP contribution is -2.08. The second-order valence-electron chi connectivity index (χ2n) is 0.681. The van der Waals surface area contributed by atoms with E-state index in [2.05, 4.69) is 0 Å². The van der Waals surface area contributed by atoms with Crippen LogP contribution < -0.4 is 5.32 Å². The lowest BCUT2D eigenvalue weighted by atomic mass is 10.7. The highest BCUT2D eigenvalue weighted by atomic mass is 16.1. The molecule has 0 aliphatic heterocycles. The van der Waals surface area contributed by atoms with Crippen LogP contribution in [0.15, 0.2) is 0 Å². The van der Waals surface area contributed by atoms with E-state index >= 15 is 0 Å². The van der Waals surface area contributed by atoms with Gasteiger partial charge in [-0.2, -0.15) is 0 Å². The molecule has 0 aromatic heterocycles. The fourth-order valence-electron chi connectivity index (χ4n) is 0. The number of hydrogen-bond acceptors (Lipinski definition) is 1. The van der Waals surface area contributed by atoms with Gasteiger partial charge in [0, 0.05) is 6.92 Å². The third kappa shape index (κ3) is 3.47. The molecule has 1 N–H and O–H groups in total. The summed E-state index contributed by atoms with van der Waals surface area (Å²) in [5, 5.41) is 1.64. The maximum absolute atomic E-state index is 9.51. The molecule has 0 aromatic rings. The van der Waals surface area contributed by atoms with Crippen molar-refractivity contribution < 1.29 is 4.79 Å². The molecule has 0 fully saturated rings. The summed E-state index contributed by atoms with van der Waals surface area (Å²) in [7, 11) is 6.06. The third-order valence-electron chi connectivity index (χ3n) is 0.176. The Morgan fingerprint density at radius 2 is 2.20 bits per heavy atom. The largest absolute Gasteiger partial charge is 0.343 e. The third-order valence-corrected chi connectivity index (χ3v) is 0.176. The number of nitrogens with one attached hydrogen (secondary N) is 1. The lowest BCUT2D eigenvalue weighted by Gasteiger charge is -1.78. The summed E-state index contributed by atoms with van der Waals surface area (Å²) in [5.74, 6) is -0.329. The van der Waals surface area contributed by atoms with E-state index in [9.17, 15) is 4.79 Å². The van der Waals surface area contributed by atoms with Gasteiger partial charge in [0.1, 0.15) is 7.05 Å². The molecular weight excluding hydrogens is 66.0 g/mol. The van der Waals surface area contributed by atoms with Gasteiger partial charge in [-0.1, -0.05) is 0 Å². The van der Waals surface area contributed by atoms with Gasteiger partial charge in [0.25, 0.3) is 0 Å². The average Bonchev–Trinajstić information content (AvgIpc) is 1.38. The van der Waals surface area contributed by atoms with Crippen molar-refractivity contribution >= 4 is 5.91 Å². The Balaban J connectivity index is 2.85. The predicted molar refractivity (Wildman–Crippen MR) is 17.1 cm³/mol. The van der Waals surface area contributed by atoms with Crippen LogP contribution in [0.1, 0.15) is 6.92 Å². The highest BCUT2D eigenvalue weighted by Gasteiger charge is 1.74. The number of hydrogen-bond donors (Lipinski definition) is 1. The van der Waals surface area contributed by atoms with Crippen LogP contribution in [0.3, 0.4) is 0 Å². The first-order valence-corrected chi connectivity index (χ1v) is 1.20. The van der Waals surface area contributed by atoms with Crippen molar-refractivity contribution in [1.29, 1.82) is 0 Å². The van der Waals surface area contributed by atoms with Gasteiger partial charge in [0.2, 0.25) is 5.91 Å². The zero-order chi connectivity index (χ0) is 4.28. The summed E-state index contributed by atoms with van der Waals surface area (Å²) in [5.41, 5.74) is 0. The van der Waals surface area contributed by atoms with Crippen LogP contribution >= 0.6 is 0 Å². The summed E-state index contributed by atoms with van der Waals surface area (Å²) in [6.45, 7) is 1.28. The average molecular weight is 70.1 g/mol. The Hall–Kier alpha value is -0.530. The molecule has 3 radical (unpaired) electrons. The van der Waals surface area contributed by atoms with Crippen LogP contribution in [0.2, 0.25) is 0 Å². The quantitative estimate of drug-likeness (QED) is 0.415. The molecule has 27 valence electrons. The van der Waals surface area contributed by atoms with E-state index in [0.29, 0.717) is 0 Å². The van der Waals surface area contributed by atoms with Crippen LogP contribution in [0.5, 0.6) is 0 Å². The van der Waals surface area contributed by atoms with E-state index in [0.717, 1.165) is 0 Å². The van der Waals surface area contributed by atoms with Gasteiger partial charge >= 0.3 is 0 Å². The lowest BCUT2D eigenvalue weighted by molar-refractivity contribution is -0.118. The second-order valence-corrected chi connectivity index (χ2v) is 0.681. The SMILES string of the molecule is [C]NC(C)=O. The zero-order valence-electron chi connectivity index (χ0n) is 2.91. The van der Waals surface area contributed by atoms with E-state index in [1.165, 1.54) is 6.92 Å². The summed E-state index contributed by atoms with van der Waals surface area (Å²) in [6.07, 6.45) is 0. The minimum absolute atomic E-state index is 0.329. The number of carbonyl (C=O) groups excluding carboxylic acids is 1. The molecule has 0 spiro atoms. The Morgan fingerprint density at radius 3 is 2.20 bits per heavy atom. The molecule has 2 heteroatoms. The topological polar surface area (TPSA) is 29.1 Å². The summed E-state index contributed by atoms with van der Waals surface area (Å²) in [4.78, 5) is 9.51. The predicted octanol–water partition coefficient (Wildman–Crippen LogP) is -0.332.